The molecule has 21 heavy (non-hydrogen) atoms. The van der Waals surface area contributed by atoms with E-state index in [0.717, 1.165) is 25.9 Å². The molecule has 0 radical (unpaired) electrons. The Kier molecular flexibility index (Phi) is 5.24. The summed E-state index contributed by atoms with van der Waals surface area (Å²) in [6, 6.07) is 3.94. The zero-order chi connectivity index (χ0) is 15.6. The molecule has 0 saturated carbocycles. The third-order valence-electron chi connectivity index (χ3n) is 4.01. The number of sulfonamides is 1. The number of nitrogens with zero attached hydrogens (tertiary/aromatic N) is 2. The molecule has 0 amide bonds. The van der Waals surface area contributed by atoms with Crippen LogP contribution in [0.3, 0.4) is 0 Å². The van der Waals surface area contributed by atoms with Crippen molar-refractivity contribution in [3.8, 4) is 0 Å². The highest BCUT2D eigenvalue weighted by Gasteiger charge is 2.31. The minimum Gasteiger partial charge on any atom is -0.306 e. The van der Waals surface area contributed by atoms with Crippen LogP contribution in [-0.4, -0.2) is 50.8 Å². The standard InChI is InChI=1S/C14H20ClFN2O2S/c1-17-7-5-12(6-8-17)18(2)21(19,20)14-4-3-11(10-15)9-13(14)16/h3-4,9,12H,5-8,10H2,1-2H3. The molecule has 1 aliphatic heterocycles. The van der Waals surface area contributed by atoms with E-state index in [-0.39, 0.29) is 16.8 Å². The van der Waals surface area contributed by atoms with Crippen LogP contribution in [-0.2, 0) is 15.9 Å². The van der Waals surface area contributed by atoms with Gasteiger partial charge in [-0.25, -0.2) is 12.8 Å². The molecular formula is C14H20ClFN2O2S. The van der Waals surface area contributed by atoms with Crippen LogP contribution >= 0.6 is 11.6 Å². The van der Waals surface area contributed by atoms with Crippen LogP contribution in [0.25, 0.3) is 0 Å². The third-order valence-corrected chi connectivity index (χ3v) is 6.26. The van der Waals surface area contributed by atoms with Crippen LogP contribution in [0.15, 0.2) is 23.1 Å². The maximum absolute atomic E-state index is 14.0. The van der Waals surface area contributed by atoms with Crippen LogP contribution < -0.4 is 0 Å². The first-order valence-electron chi connectivity index (χ1n) is 6.87. The normalized spacial score (nSPS) is 18.3. The fraction of sp³-hybridized carbons (Fsp3) is 0.571. The van der Waals surface area contributed by atoms with Crippen LogP contribution in [0.1, 0.15) is 18.4 Å². The lowest BCUT2D eigenvalue weighted by atomic mass is 10.1. The molecule has 2 rings (SSSR count). The van der Waals surface area contributed by atoms with E-state index in [1.54, 1.807) is 6.07 Å². The number of alkyl halides is 1. The molecule has 0 unspecified atom stereocenters. The van der Waals surface area contributed by atoms with Crippen LogP contribution in [0.5, 0.6) is 0 Å². The Bertz CT molecular complexity index is 601. The Morgan fingerprint density at radius 2 is 2.00 bits per heavy atom. The summed E-state index contributed by atoms with van der Waals surface area (Å²) in [5, 5.41) is 0. The molecule has 7 heteroatoms. The maximum Gasteiger partial charge on any atom is 0.245 e. The summed E-state index contributed by atoms with van der Waals surface area (Å²) in [7, 11) is -0.278. The summed E-state index contributed by atoms with van der Waals surface area (Å²) in [6.45, 7) is 1.69. The molecule has 1 heterocycles. The van der Waals surface area contributed by atoms with Crippen LogP contribution in [0, 0.1) is 5.82 Å². The second kappa shape index (κ2) is 6.60. The van der Waals surface area contributed by atoms with Crippen molar-refractivity contribution in [2.45, 2.75) is 29.7 Å². The van der Waals surface area contributed by atoms with Gasteiger partial charge in [0, 0.05) is 19.0 Å². The average molecular weight is 335 g/mol. The van der Waals surface area contributed by atoms with Gasteiger partial charge in [0.15, 0.2) is 0 Å². The molecule has 1 fully saturated rings. The summed E-state index contributed by atoms with van der Waals surface area (Å²) in [5.41, 5.74) is 0.565. The van der Waals surface area contributed by atoms with Gasteiger partial charge in [-0.3, -0.25) is 0 Å². The predicted octanol–water partition coefficient (Wildman–Crippen LogP) is 2.28. The van der Waals surface area contributed by atoms with Crippen LogP contribution in [0.4, 0.5) is 4.39 Å². The molecule has 0 bridgehead atoms. The summed E-state index contributed by atoms with van der Waals surface area (Å²) < 4.78 is 40.5. The van der Waals surface area contributed by atoms with E-state index in [2.05, 4.69) is 4.90 Å². The Balaban J connectivity index is 2.25. The van der Waals surface area contributed by atoms with Crippen molar-refractivity contribution in [1.29, 1.82) is 0 Å². The summed E-state index contributed by atoms with van der Waals surface area (Å²) in [6.07, 6.45) is 1.52. The molecule has 1 aliphatic rings. The lowest BCUT2D eigenvalue weighted by Crippen LogP contribution is -2.44. The van der Waals surface area contributed by atoms with Crippen LogP contribution in [0.2, 0.25) is 0 Å². The van der Waals surface area contributed by atoms with Gasteiger partial charge in [0.1, 0.15) is 10.7 Å². The molecule has 0 spiro atoms. The largest absolute Gasteiger partial charge is 0.306 e. The number of likely N-dealkylation sites (tertiary alicyclic amines) is 1. The lowest BCUT2D eigenvalue weighted by molar-refractivity contribution is 0.197. The zero-order valence-corrected chi connectivity index (χ0v) is 13.8. The molecule has 1 aromatic carbocycles. The fourth-order valence-corrected chi connectivity index (χ4v) is 4.17. The number of rotatable bonds is 4. The topological polar surface area (TPSA) is 40.6 Å². The van der Waals surface area contributed by atoms with Gasteiger partial charge >= 0.3 is 0 Å². The van der Waals surface area contributed by atoms with Crippen molar-refractivity contribution in [1.82, 2.24) is 9.21 Å². The monoisotopic (exact) mass is 334 g/mol. The van der Waals surface area contributed by atoms with Crippen molar-refractivity contribution in [2.75, 3.05) is 27.2 Å². The van der Waals surface area contributed by atoms with E-state index < -0.39 is 15.8 Å². The Hall–Kier alpha value is -0.690. The average Bonchev–Trinajstić information content (AvgIpc) is 2.46. The van der Waals surface area contributed by atoms with Gasteiger partial charge in [0.2, 0.25) is 10.0 Å². The summed E-state index contributed by atoms with van der Waals surface area (Å²) in [4.78, 5) is 1.88. The molecule has 1 saturated heterocycles. The summed E-state index contributed by atoms with van der Waals surface area (Å²) in [5.74, 6) is -0.588. The quantitative estimate of drug-likeness (QED) is 0.793. The minimum absolute atomic E-state index is 0.0849. The lowest BCUT2D eigenvalue weighted by Gasteiger charge is -2.34. The molecule has 0 atom stereocenters. The highest BCUT2D eigenvalue weighted by Crippen LogP contribution is 2.25. The van der Waals surface area contributed by atoms with Gasteiger partial charge in [-0.2, -0.15) is 4.31 Å². The fourth-order valence-electron chi connectivity index (χ4n) is 2.55. The first-order valence-corrected chi connectivity index (χ1v) is 8.84. The Morgan fingerprint density at radius 3 is 2.52 bits per heavy atom. The first-order chi connectivity index (χ1) is 9.86. The van der Waals surface area contributed by atoms with Gasteiger partial charge < -0.3 is 4.90 Å². The number of hydrogen-bond acceptors (Lipinski definition) is 3. The summed E-state index contributed by atoms with van der Waals surface area (Å²) >= 11 is 5.63. The molecule has 0 aromatic heterocycles. The number of benzene rings is 1. The molecule has 1 aromatic rings. The van der Waals surface area contributed by atoms with Gasteiger partial charge in [0.05, 0.1) is 0 Å². The number of piperidine rings is 1. The second-order valence-electron chi connectivity index (χ2n) is 5.45. The Labute approximate surface area is 130 Å². The van der Waals surface area contributed by atoms with Crippen molar-refractivity contribution in [3.63, 3.8) is 0 Å². The van der Waals surface area contributed by atoms with E-state index in [4.69, 9.17) is 11.6 Å². The smallest absolute Gasteiger partial charge is 0.245 e. The van der Waals surface area contributed by atoms with E-state index in [1.807, 2.05) is 7.05 Å². The number of hydrogen-bond donors (Lipinski definition) is 0. The zero-order valence-electron chi connectivity index (χ0n) is 12.2. The highest BCUT2D eigenvalue weighted by molar-refractivity contribution is 7.89. The van der Waals surface area contributed by atoms with Gasteiger partial charge in [-0.15, -0.1) is 11.6 Å². The van der Waals surface area contributed by atoms with Gasteiger partial charge in [0.25, 0.3) is 0 Å². The molecular weight excluding hydrogens is 315 g/mol. The van der Waals surface area contributed by atoms with Crippen molar-refractivity contribution in [2.24, 2.45) is 0 Å². The molecule has 0 aliphatic carbocycles. The minimum atomic E-state index is -3.82. The molecule has 4 nitrogen and oxygen atoms in total. The molecule has 118 valence electrons. The van der Waals surface area contributed by atoms with E-state index in [9.17, 15) is 12.8 Å². The van der Waals surface area contributed by atoms with Crippen molar-refractivity contribution in [3.05, 3.63) is 29.6 Å². The SMILES string of the molecule is CN1CCC(N(C)S(=O)(=O)c2ccc(CCl)cc2F)CC1. The van der Waals surface area contributed by atoms with Gasteiger partial charge in [-0.05, 0) is 50.7 Å². The van der Waals surface area contributed by atoms with Crippen molar-refractivity contribution >= 4 is 21.6 Å². The van der Waals surface area contributed by atoms with Crippen molar-refractivity contribution < 1.29 is 12.8 Å². The Morgan fingerprint density at radius 1 is 1.38 bits per heavy atom. The molecule has 0 N–H and O–H groups in total. The van der Waals surface area contributed by atoms with E-state index in [1.165, 1.54) is 23.5 Å². The highest BCUT2D eigenvalue weighted by atomic mass is 35.5. The van der Waals surface area contributed by atoms with E-state index >= 15 is 0 Å². The second-order valence-corrected chi connectivity index (χ2v) is 7.69. The van der Waals surface area contributed by atoms with E-state index in [0.29, 0.717) is 5.56 Å². The third kappa shape index (κ3) is 3.56. The maximum atomic E-state index is 14.0. The first kappa shape index (κ1) is 16.7. The predicted molar refractivity (Wildman–Crippen MR) is 81.4 cm³/mol. The van der Waals surface area contributed by atoms with Gasteiger partial charge in [-0.1, -0.05) is 6.07 Å². The number of halogens is 2.